The Hall–Kier alpha value is -1.63. The number of ether oxygens (including phenoxy) is 2. The molecule has 23 heavy (non-hydrogen) atoms. The Morgan fingerprint density at radius 1 is 1.26 bits per heavy atom. The van der Waals surface area contributed by atoms with Crippen LogP contribution in [0.25, 0.3) is 0 Å². The van der Waals surface area contributed by atoms with Crippen LogP contribution >= 0.6 is 11.3 Å². The molecule has 1 heterocycles. The molecule has 0 aliphatic carbocycles. The maximum Gasteiger partial charge on any atom is 0.407 e. The van der Waals surface area contributed by atoms with Gasteiger partial charge in [0, 0.05) is 11.4 Å². The third-order valence-electron chi connectivity index (χ3n) is 2.80. The van der Waals surface area contributed by atoms with E-state index in [2.05, 4.69) is 10.3 Å². The Morgan fingerprint density at radius 2 is 1.96 bits per heavy atom. The summed E-state index contributed by atoms with van der Waals surface area (Å²) in [4.78, 5) is 28.4. The molecule has 1 rings (SSSR count). The van der Waals surface area contributed by atoms with Crippen LogP contribution in [0.3, 0.4) is 0 Å². The number of hydrogen-bond donors (Lipinski definition) is 1. The van der Waals surface area contributed by atoms with E-state index < -0.39 is 11.7 Å². The third-order valence-corrected chi connectivity index (χ3v) is 3.83. The van der Waals surface area contributed by atoms with E-state index in [9.17, 15) is 9.59 Å². The predicted octanol–water partition coefficient (Wildman–Crippen LogP) is 3.48. The largest absolute Gasteiger partial charge is 0.461 e. The van der Waals surface area contributed by atoms with Gasteiger partial charge in [0.05, 0.1) is 11.6 Å². The summed E-state index contributed by atoms with van der Waals surface area (Å²) in [5.74, 6) is -0.362. The lowest BCUT2D eigenvalue weighted by atomic mass is 10.2. The van der Waals surface area contributed by atoms with Crippen LogP contribution in [0.1, 0.15) is 60.9 Å². The Morgan fingerprint density at radius 3 is 2.57 bits per heavy atom. The van der Waals surface area contributed by atoms with Crippen LogP contribution in [-0.4, -0.2) is 35.8 Å². The number of nitrogens with one attached hydrogen (secondary N) is 1. The molecule has 0 atom stereocenters. The summed E-state index contributed by atoms with van der Waals surface area (Å²) in [5, 5.41) is 3.64. The lowest BCUT2D eigenvalue weighted by molar-refractivity contribution is 0.0511. The number of rotatable bonds is 7. The van der Waals surface area contributed by atoms with E-state index in [0.717, 1.165) is 29.1 Å². The van der Waals surface area contributed by atoms with Gasteiger partial charge in [-0.15, -0.1) is 11.3 Å². The van der Waals surface area contributed by atoms with Crippen molar-refractivity contribution in [2.75, 3.05) is 13.2 Å². The summed E-state index contributed by atoms with van der Waals surface area (Å²) in [5.41, 5.74) is -0.0647. The van der Waals surface area contributed by atoms with Crippen LogP contribution < -0.4 is 5.32 Å². The quantitative estimate of drug-likeness (QED) is 0.606. The minimum absolute atomic E-state index is 0.349. The second-order valence-electron chi connectivity index (χ2n) is 6.12. The summed E-state index contributed by atoms with van der Waals surface area (Å²) >= 11 is 1.52. The zero-order valence-corrected chi connectivity index (χ0v) is 15.3. The van der Waals surface area contributed by atoms with Crippen LogP contribution in [0.4, 0.5) is 4.79 Å². The van der Waals surface area contributed by atoms with Crippen molar-refractivity contribution in [1.82, 2.24) is 10.3 Å². The summed E-state index contributed by atoms with van der Waals surface area (Å²) < 4.78 is 10.1. The van der Waals surface area contributed by atoms with Crippen LogP contribution in [0, 0.1) is 6.92 Å². The number of alkyl carbamates (subject to hydrolysis) is 1. The van der Waals surface area contributed by atoms with Crippen molar-refractivity contribution in [3.05, 3.63) is 15.6 Å². The van der Waals surface area contributed by atoms with E-state index in [1.807, 2.05) is 27.7 Å². The topological polar surface area (TPSA) is 77.5 Å². The number of carbonyl (C=O) groups excluding carboxylic acids is 2. The summed E-state index contributed by atoms with van der Waals surface area (Å²) in [7, 11) is 0. The first-order valence-electron chi connectivity index (χ1n) is 7.83. The van der Waals surface area contributed by atoms with Crippen molar-refractivity contribution in [2.45, 2.75) is 59.5 Å². The molecule has 1 aromatic heterocycles. The smallest absolute Gasteiger partial charge is 0.407 e. The molecule has 0 fully saturated rings. The average molecular weight is 342 g/mol. The Labute approximate surface area is 141 Å². The first-order chi connectivity index (χ1) is 10.7. The molecule has 0 aliphatic heterocycles. The monoisotopic (exact) mass is 342 g/mol. The fourth-order valence-electron chi connectivity index (χ4n) is 1.85. The average Bonchev–Trinajstić information content (AvgIpc) is 2.78. The number of esters is 1. The van der Waals surface area contributed by atoms with Gasteiger partial charge in [-0.05, 0) is 53.9 Å². The number of carbonyl (C=O) groups is 2. The number of nitrogens with zero attached hydrogens (tertiary/aromatic N) is 1. The lowest BCUT2D eigenvalue weighted by Crippen LogP contribution is -2.33. The summed E-state index contributed by atoms with van der Waals surface area (Å²) in [6.45, 7) is 10.1. The Balaban J connectivity index is 2.30. The molecule has 6 nitrogen and oxygen atoms in total. The number of thiazole rings is 1. The van der Waals surface area contributed by atoms with E-state index in [1.165, 1.54) is 11.3 Å². The molecule has 0 radical (unpaired) electrons. The molecule has 0 aromatic carbocycles. The second kappa shape index (κ2) is 8.86. The SMILES string of the molecule is CCOC(=O)c1nc(CCCCNC(=O)OC(C)(C)C)sc1C. The Bertz CT molecular complexity index is 535. The van der Waals surface area contributed by atoms with Gasteiger partial charge in [-0.3, -0.25) is 0 Å². The number of aryl methyl sites for hydroxylation is 2. The molecule has 0 saturated carbocycles. The lowest BCUT2D eigenvalue weighted by Gasteiger charge is -2.19. The van der Waals surface area contributed by atoms with E-state index in [1.54, 1.807) is 6.92 Å². The van der Waals surface area contributed by atoms with Gasteiger partial charge in [-0.25, -0.2) is 14.6 Å². The standard InChI is InChI=1S/C16H26N2O4S/c1-6-21-14(19)13-11(2)23-12(18-13)9-7-8-10-17-15(20)22-16(3,4)5/h6-10H2,1-5H3,(H,17,20). The molecule has 1 N–H and O–H groups in total. The van der Waals surface area contributed by atoms with E-state index in [-0.39, 0.29) is 5.97 Å². The maximum atomic E-state index is 11.7. The minimum Gasteiger partial charge on any atom is -0.461 e. The second-order valence-corrected chi connectivity index (χ2v) is 7.41. The van der Waals surface area contributed by atoms with Gasteiger partial charge in [-0.1, -0.05) is 0 Å². The maximum absolute atomic E-state index is 11.7. The molecule has 1 amide bonds. The number of amides is 1. The van der Waals surface area contributed by atoms with Crippen LogP contribution in [0.2, 0.25) is 0 Å². The Kier molecular flexibility index (Phi) is 7.48. The fourth-order valence-corrected chi connectivity index (χ4v) is 2.82. The van der Waals surface area contributed by atoms with Crippen molar-refractivity contribution in [2.24, 2.45) is 0 Å². The number of aromatic nitrogens is 1. The fraction of sp³-hybridized carbons (Fsp3) is 0.688. The van der Waals surface area contributed by atoms with E-state index in [4.69, 9.17) is 9.47 Å². The highest BCUT2D eigenvalue weighted by atomic mass is 32.1. The number of hydrogen-bond acceptors (Lipinski definition) is 6. The van der Waals surface area contributed by atoms with Gasteiger partial charge in [0.25, 0.3) is 0 Å². The molecule has 0 bridgehead atoms. The van der Waals surface area contributed by atoms with Crippen molar-refractivity contribution in [3.8, 4) is 0 Å². The van der Waals surface area contributed by atoms with Crippen molar-refractivity contribution < 1.29 is 19.1 Å². The predicted molar refractivity (Wildman–Crippen MR) is 90.0 cm³/mol. The van der Waals surface area contributed by atoms with Gasteiger partial charge >= 0.3 is 12.1 Å². The highest BCUT2D eigenvalue weighted by Gasteiger charge is 2.17. The van der Waals surface area contributed by atoms with Crippen molar-refractivity contribution in [3.63, 3.8) is 0 Å². The van der Waals surface area contributed by atoms with Gasteiger partial charge in [0.1, 0.15) is 5.60 Å². The molecule has 0 unspecified atom stereocenters. The summed E-state index contributed by atoms with van der Waals surface area (Å²) in [6.07, 6.45) is 2.09. The molecule has 0 saturated heterocycles. The van der Waals surface area contributed by atoms with E-state index >= 15 is 0 Å². The summed E-state index contributed by atoms with van der Waals surface area (Å²) in [6, 6.07) is 0. The highest BCUT2D eigenvalue weighted by Crippen LogP contribution is 2.20. The van der Waals surface area contributed by atoms with Crippen LogP contribution in [0.5, 0.6) is 0 Å². The van der Waals surface area contributed by atoms with Crippen molar-refractivity contribution in [1.29, 1.82) is 0 Å². The van der Waals surface area contributed by atoms with E-state index in [0.29, 0.717) is 18.8 Å². The first-order valence-corrected chi connectivity index (χ1v) is 8.65. The molecular weight excluding hydrogens is 316 g/mol. The zero-order chi connectivity index (χ0) is 17.5. The normalized spacial score (nSPS) is 11.2. The molecule has 0 aliphatic rings. The van der Waals surface area contributed by atoms with Gasteiger partial charge in [0.15, 0.2) is 5.69 Å². The van der Waals surface area contributed by atoms with Crippen LogP contribution in [0.15, 0.2) is 0 Å². The highest BCUT2D eigenvalue weighted by molar-refractivity contribution is 7.11. The molecule has 0 spiro atoms. The first kappa shape index (κ1) is 19.4. The third kappa shape index (κ3) is 7.45. The van der Waals surface area contributed by atoms with Gasteiger partial charge < -0.3 is 14.8 Å². The molecule has 130 valence electrons. The molecular formula is C16H26N2O4S. The molecule has 1 aromatic rings. The number of unbranched alkanes of at least 4 members (excludes halogenated alkanes) is 1. The van der Waals surface area contributed by atoms with Crippen LogP contribution in [-0.2, 0) is 15.9 Å². The minimum atomic E-state index is -0.480. The molecule has 7 heteroatoms. The van der Waals surface area contributed by atoms with Gasteiger partial charge in [-0.2, -0.15) is 0 Å². The van der Waals surface area contributed by atoms with Gasteiger partial charge in [0.2, 0.25) is 0 Å². The van der Waals surface area contributed by atoms with Crippen molar-refractivity contribution >= 4 is 23.4 Å². The zero-order valence-electron chi connectivity index (χ0n) is 14.5.